The van der Waals surface area contributed by atoms with Crippen molar-refractivity contribution in [1.29, 1.82) is 0 Å². The van der Waals surface area contributed by atoms with Gasteiger partial charge in [-0.2, -0.15) is 11.8 Å². The molecule has 2 nitrogen and oxygen atoms in total. The molecule has 1 unspecified atom stereocenters. The van der Waals surface area contributed by atoms with Crippen molar-refractivity contribution in [1.82, 2.24) is 10.2 Å². The van der Waals surface area contributed by atoms with Gasteiger partial charge in [-0.15, -0.1) is 0 Å². The van der Waals surface area contributed by atoms with Crippen LogP contribution in [0.5, 0.6) is 0 Å². The third-order valence-corrected chi connectivity index (χ3v) is 4.33. The van der Waals surface area contributed by atoms with E-state index in [2.05, 4.69) is 52.3 Å². The van der Waals surface area contributed by atoms with Crippen molar-refractivity contribution in [2.24, 2.45) is 0 Å². The smallest absolute Gasteiger partial charge is 0.0472 e. The molecular weight excluding hydrogens is 228 g/mol. The lowest BCUT2D eigenvalue weighted by molar-refractivity contribution is 0.210. The number of hydrogen-bond donors (Lipinski definition) is 1. The average molecular weight is 250 g/mol. The zero-order chi connectivity index (χ0) is 11.9. The number of nitrogens with one attached hydrogen (secondary N) is 1. The molecule has 1 atom stereocenters. The summed E-state index contributed by atoms with van der Waals surface area (Å²) >= 11 is 2.09. The van der Waals surface area contributed by atoms with Gasteiger partial charge >= 0.3 is 0 Å². The van der Waals surface area contributed by atoms with E-state index in [9.17, 15) is 0 Å². The van der Waals surface area contributed by atoms with Gasteiger partial charge in [-0.1, -0.05) is 30.3 Å². The Morgan fingerprint density at radius 3 is 2.82 bits per heavy atom. The van der Waals surface area contributed by atoms with Crippen LogP contribution in [0, 0.1) is 0 Å². The molecule has 0 amide bonds. The van der Waals surface area contributed by atoms with Crippen LogP contribution in [0.4, 0.5) is 0 Å². The number of thioether (sulfide) groups is 1. The van der Waals surface area contributed by atoms with E-state index in [1.54, 1.807) is 0 Å². The minimum Gasteiger partial charge on any atom is -0.318 e. The van der Waals surface area contributed by atoms with Gasteiger partial charge in [0, 0.05) is 24.9 Å². The highest BCUT2D eigenvalue weighted by molar-refractivity contribution is 7.99. The van der Waals surface area contributed by atoms with Gasteiger partial charge in [0.15, 0.2) is 0 Å². The SMILES string of the molecule is CNCC(c1ccccc1)N1CCCSCC1. The Morgan fingerprint density at radius 2 is 2.06 bits per heavy atom. The zero-order valence-corrected chi connectivity index (χ0v) is 11.4. The van der Waals surface area contributed by atoms with E-state index in [4.69, 9.17) is 0 Å². The van der Waals surface area contributed by atoms with Gasteiger partial charge in [-0.25, -0.2) is 0 Å². The fraction of sp³-hybridized carbons (Fsp3) is 0.571. The first-order chi connectivity index (χ1) is 8.42. The number of likely N-dealkylation sites (N-methyl/N-ethyl adjacent to an activating group) is 1. The summed E-state index contributed by atoms with van der Waals surface area (Å²) in [4.78, 5) is 2.63. The van der Waals surface area contributed by atoms with Gasteiger partial charge in [0.25, 0.3) is 0 Å². The van der Waals surface area contributed by atoms with Crippen molar-refractivity contribution in [2.45, 2.75) is 12.5 Å². The van der Waals surface area contributed by atoms with Gasteiger partial charge in [0.1, 0.15) is 0 Å². The third kappa shape index (κ3) is 3.73. The molecule has 1 aliphatic heterocycles. The molecular formula is C14H22N2S. The van der Waals surface area contributed by atoms with Crippen LogP contribution >= 0.6 is 11.8 Å². The molecule has 0 aliphatic carbocycles. The molecule has 1 saturated heterocycles. The summed E-state index contributed by atoms with van der Waals surface area (Å²) in [6.45, 7) is 3.48. The van der Waals surface area contributed by atoms with Crippen molar-refractivity contribution < 1.29 is 0 Å². The third-order valence-electron chi connectivity index (χ3n) is 3.28. The summed E-state index contributed by atoms with van der Waals surface area (Å²) < 4.78 is 0. The van der Waals surface area contributed by atoms with Crippen LogP contribution in [0.3, 0.4) is 0 Å². The van der Waals surface area contributed by atoms with E-state index in [1.807, 2.05) is 7.05 Å². The van der Waals surface area contributed by atoms with Crippen molar-refractivity contribution in [2.75, 3.05) is 38.2 Å². The van der Waals surface area contributed by atoms with Gasteiger partial charge in [-0.05, 0) is 31.3 Å². The average Bonchev–Trinajstić information content (AvgIpc) is 2.66. The molecule has 0 spiro atoms. The highest BCUT2D eigenvalue weighted by Crippen LogP contribution is 2.23. The molecule has 1 aromatic carbocycles. The first kappa shape index (κ1) is 12.9. The molecule has 0 radical (unpaired) electrons. The summed E-state index contributed by atoms with van der Waals surface area (Å²) in [7, 11) is 2.04. The van der Waals surface area contributed by atoms with E-state index in [0.717, 1.165) is 6.54 Å². The second-order valence-corrected chi connectivity index (χ2v) is 5.71. The Labute approximate surface area is 109 Å². The fourth-order valence-corrected chi connectivity index (χ4v) is 3.30. The molecule has 17 heavy (non-hydrogen) atoms. The van der Waals surface area contributed by atoms with Crippen molar-refractivity contribution >= 4 is 11.8 Å². The van der Waals surface area contributed by atoms with Gasteiger partial charge in [0.05, 0.1) is 0 Å². The summed E-state index contributed by atoms with van der Waals surface area (Å²) in [5, 5.41) is 3.34. The topological polar surface area (TPSA) is 15.3 Å². The lowest BCUT2D eigenvalue weighted by Crippen LogP contribution is -2.36. The maximum atomic E-state index is 3.34. The monoisotopic (exact) mass is 250 g/mol. The van der Waals surface area contributed by atoms with Crippen molar-refractivity contribution in [3.05, 3.63) is 35.9 Å². The van der Waals surface area contributed by atoms with E-state index in [1.165, 1.54) is 36.6 Å². The van der Waals surface area contributed by atoms with Crippen molar-refractivity contribution in [3.8, 4) is 0 Å². The molecule has 0 aromatic heterocycles. The Balaban J connectivity index is 2.10. The van der Waals surface area contributed by atoms with Crippen LogP contribution in [0.1, 0.15) is 18.0 Å². The highest BCUT2D eigenvalue weighted by Gasteiger charge is 2.20. The predicted octanol–water partition coefficient (Wildman–Crippen LogP) is 2.39. The van der Waals surface area contributed by atoms with Crippen LogP contribution in [-0.2, 0) is 0 Å². The molecule has 1 heterocycles. The molecule has 3 heteroatoms. The Hall–Kier alpha value is -0.510. The Kier molecular flexibility index (Phi) is 5.36. The first-order valence-electron chi connectivity index (χ1n) is 6.43. The van der Waals surface area contributed by atoms with Crippen LogP contribution in [0.2, 0.25) is 0 Å². The minimum atomic E-state index is 0.528. The number of benzene rings is 1. The van der Waals surface area contributed by atoms with E-state index >= 15 is 0 Å². The summed E-state index contributed by atoms with van der Waals surface area (Å²) in [5.74, 6) is 2.59. The van der Waals surface area contributed by atoms with E-state index in [-0.39, 0.29) is 0 Å². The van der Waals surface area contributed by atoms with Gasteiger partial charge in [0.2, 0.25) is 0 Å². The van der Waals surface area contributed by atoms with E-state index in [0.29, 0.717) is 6.04 Å². The number of hydrogen-bond acceptors (Lipinski definition) is 3. The lowest BCUT2D eigenvalue weighted by Gasteiger charge is -2.30. The first-order valence-corrected chi connectivity index (χ1v) is 7.58. The molecule has 1 N–H and O–H groups in total. The second kappa shape index (κ2) is 7.04. The van der Waals surface area contributed by atoms with Crippen LogP contribution in [0.25, 0.3) is 0 Å². The lowest BCUT2D eigenvalue weighted by atomic mass is 10.0. The van der Waals surface area contributed by atoms with Gasteiger partial charge in [-0.3, -0.25) is 4.90 Å². The maximum absolute atomic E-state index is 3.34. The minimum absolute atomic E-state index is 0.528. The highest BCUT2D eigenvalue weighted by atomic mass is 32.2. The normalized spacial score (nSPS) is 19.8. The molecule has 2 rings (SSSR count). The molecule has 94 valence electrons. The summed E-state index contributed by atoms with van der Waals surface area (Å²) in [6, 6.07) is 11.4. The second-order valence-electron chi connectivity index (χ2n) is 4.49. The largest absolute Gasteiger partial charge is 0.318 e. The molecule has 1 aromatic rings. The zero-order valence-electron chi connectivity index (χ0n) is 10.6. The number of rotatable bonds is 4. The fourth-order valence-electron chi connectivity index (χ4n) is 2.40. The maximum Gasteiger partial charge on any atom is 0.0472 e. The quantitative estimate of drug-likeness (QED) is 0.883. The van der Waals surface area contributed by atoms with Gasteiger partial charge < -0.3 is 5.32 Å². The van der Waals surface area contributed by atoms with Crippen LogP contribution < -0.4 is 5.32 Å². The predicted molar refractivity (Wildman–Crippen MR) is 76.6 cm³/mol. The van der Waals surface area contributed by atoms with Crippen molar-refractivity contribution in [3.63, 3.8) is 0 Å². The molecule has 0 bridgehead atoms. The number of nitrogens with zero attached hydrogens (tertiary/aromatic N) is 1. The standard InChI is InChI=1S/C14H22N2S/c1-15-12-14(13-6-3-2-4-7-13)16-8-5-10-17-11-9-16/h2-4,6-7,14-15H,5,8-12H2,1H3. The molecule has 1 aliphatic rings. The Morgan fingerprint density at radius 1 is 1.24 bits per heavy atom. The summed E-state index contributed by atoms with van der Waals surface area (Å²) in [6.07, 6.45) is 1.32. The van der Waals surface area contributed by atoms with Crippen LogP contribution in [-0.4, -0.2) is 43.1 Å². The summed E-state index contributed by atoms with van der Waals surface area (Å²) in [5.41, 5.74) is 1.44. The van der Waals surface area contributed by atoms with E-state index < -0.39 is 0 Å². The van der Waals surface area contributed by atoms with Crippen LogP contribution in [0.15, 0.2) is 30.3 Å². The molecule has 0 saturated carbocycles. The Bertz CT molecular complexity index is 307. The molecule has 1 fully saturated rings.